The van der Waals surface area contributed by atoms with Crippen LogP contribution in [-0.2, 0) is 14.3 Å². The van der Waals surface area contributed by atoms with Gasteiger partial charge in [0.05, 0.1) is 12.1 Å². The summed E-state index contributed by atoms with van der Waals surface area (Å²) in [5, 5.41) is 8.59. The number of ether oxygens (including phenoxy) is 3. The number of esters is 1. The largest absolute Gasteiger partial charge is 0.456 e. The molecule has 1 aliphatic heterocycles. The molecule has 0 saturated heterocycles. The van der Waals surface area contributed by atoms with Crippen molar-refractivity contribution in [2.75, 3.05) is 25.3 Å². The SMILES string of the molecule is CC(=O)c1cc2c(cc1NC(=O)COC(=O)CCNC(=O)c1ccsc1)OCO2. The van der Waals surface area contributed by atoms with Crippen LogP contribution in [0, 0.1) is 0 Å². The lowest BCUT2D eigenvalue weighted by Gasteiger charge is -2.11. The number of ketones is 1. The zero-order valence-corrected chi connectivity index (χ0v) is 16.3. The Balaban J connectivity index is 1.45. The van der Waals surface area contributed by atoms with Crippen LogP contribution in [0.1, 0.15) is 34.1 Å². The van der Waals surface area contributed by atoms with Gasteiger partial charge in [-0.1, -0.05) is 0 Å². The average Bonchev–Trinajstić information content (AvgIpc) is 3.37. The number of hydrogen-bond acceptors (Lipinski definition) is 8. The van der Waals surface area contributed by atoms with Crippen LogP contribution in [0.25, 0.3) is 0 Å². The van der Waals surface area contributed by atoms with Gasteiger partial charge >= 0.3 is 5.97 Å². The van der Waals surface area contributed by atoms with Crippen LogP contribution in [0.3, 0.4) is 0 Å². The second kappa shape index (κ2) is 9.20. The molecular formula is C19H18N2O7S. The molecule has 2 N–H and O–H groups in total. The highest BCUT2D eigenvalue weighted by Crippen LogP contribution is 2.37. The molecule has 152 valence electrons. The summed E-state index contributed by atoms with van der Waals surface area (Å²) in [7, 11) is 0. The normalized spacial score (nSPS) is 11.6. The van der Waals surface area contributed by atoms with E-state index >= 15 is 0 Å². The number of amides is 2. The van der Waals surface area contributed by atoms with Crippen molar-refractivity contribution >= 4 is 40.6 Å². The second-order valence-electron chi connectivity index (χ2n) is 6.03. The third-order valence-corrected chi connectivity index (χ3v) is 4.61. The monoisotopic (exact) mass is 418 g/mol. The Morgan fingerprint density at radius 3 is 2.62 bits per heavy atom. The standard InChI is InChI=1S/C19H18N2O7S/c1-11(22)13-6-15-16(28-10-27-15)7-14(13)21-17(23)8-26-18(24)2-4-20-19(25)12-3-5-29-9-12/h3,5-7,9H,2,4,8,10H2,1H3,(H,20,25)(H,21,23). The molecule has 0 fully saturated rings. The molecular weight excluding hydrogens is 400 g/mol. The molecule has 9 nitrogen and oxygen atoms in total. The number of fused-ring (bicyclic) bond motifs is 1. The Hall–Kier alpha value is -3.40. The van der Waals surface area contributed by atoms with Crippen LogP contribution in [-0.4, -0.2) is 43.5 Å². The van der Waals surface area contributed by atoms with Crippen LogP contribution in [0.5, 0.6) is 11.5 Å². The summed E-state index contributed by atoms with van der Waals surface area (Å²) in [4.78, 5) is 47.4. The lowest BCUT2D eigenvalue weighted by atomic mass is 10.1. The molecule has 0 aliphatic carbocycles. The predicted octanol–water partition coefficient (Wildman–Crippen LogP) is 1.98. The average molecular weight is 418 g/mol. The maximum atomic E-state index is 12.1. The number of nitrogens with one attached hydrogen (secondary N) is 2. The van der Waals surface area contributed by atoms with Crippen molar-refractivity contribution < 1.29 is 33.4 Å². The van der Waals surface area contributed by atoms with E-state index in [-0.39, 0.29) is 42.7 Å². The zero-order valence-electron chi connectivity index (χ0n) is 15.5. The van der Waals surface area contributed by atoms with E-state index in [0.29, 0.717) is 17.1 Å². The molecule has 10 heteroatoms. The summed E-state index contributed by atoms with van der Waals surface area (Å²) < 4.78 is 15.4. The fourth-order valence-corrected chi connectivity index (χ4v) is 3.15. The minimum Gasteiger partial charge on any atom is -0.456 e. The highest BCUT2D eigenvalue weighted by atomic mass is 32.1. The number of anilines is 1. The van der Waals surface area contributed by atoms with Gasteiger partial charge in [0.1, 0.15) is 0 Å². The summed E-state index contributed by atoms with van der Waals surface area (Å²) in [6, 6.07) is 4.65. The van der Waals surface area contributed by atoms with E-state index in [9.17, 15) is 19.2 Å². The van der Waals surface area contributed by atoms with Gasteiger partial charge in [-0.05, 0) is 24.4 Å². The number of Topliss-reactive ketones (excluding diaryl/α,β-unsaturated/α-hetero) is 1. The molecule has 1 aliphatic rings. The third-order valence-electron chi connectivity index (χ3n) is 3.93. The number of carbonyl (C=O) groups excluding carboxylic acids is 4. The van der Waals surface area contributed by atoms with E-state index < -0.39 is 18.5 Å². The van der Waals surface area contributed by atoms with Crippen LogP contribution in [0.2, 0.25) is 0 Å². The maximum Gasteiger partial charge on any atom is 0.308 e. The molecule has 29 heavy (non-hydrogen) atoms. The Labute approximate surface area is 169 Å². The van der Waals surface area contributed by atoms with Crippen molar-refractivity contribution in [1.29, 1.82) is 0 Å². The van der Waals surface area contributed by atoms with E-state index in [1.165, 1.54) is 30.4 Å². The maximum absolute atomic E-state index is 12.1. The zero-order chi connectivity index (χ0) is 20.8. The molecule has 2 amide bonds. The molecule has 2 aromatic rings. The van der Waals surface area contributed by atoms with Crippen molar-refractivity contribution in [2.24, 2.45) is 0 Å². The first-order valence-corrected chi connectivity index (χ1v) is 9.59. The van der Waals surface area contributed by atoms with E-state index in [1.807, 2.05) is 0 Å². The molecule has 1 aromatic heterocycles. The van der Waals surface area contributed by atoms with Crippen molar-refractivity contribution in [3.05, 3.63) is 40.1 Å². The second-order valence-corrected chi connectivity index (χ2v) is 6.81. The van der Waals surface area contributed by atoms with Gasteiger partial charge in [-0.15, -0.1) is 0 Å². The summed E-state index contributed by atoms with van der Waals surface area (Å²) >= 11 is 1.40. The first-order chi connectivity index (χ1) is 13.9. The third kappa shape index (κ3) is 5.32. The van der Waals surface area contributed by atoms with Crippen molar-refractivity contribution in [3.8, 4) is 11.5 Å². The smallest absolute Gasteiger partial charge is 0.308 e. The molecule has 0 atom stereocenters. The first-order valence-electron chi connectivity index (χ1n) is 8.64. The van der Waals surface area contributed by atoms with Crippen LogP contribution >= 0.6 is 11.3 Å². The van der Waals surface area contributed by atoms with E-state index in [1.54, 1.807) is 16.8 Å². The molecule has 0 radical (unpaired) electrons. The van der Waals surface area contributed by atoms with E-state index in [4.69, 9.17) is 14.2 Å². The molecule has 2 heterocycles. The number of carbonyl (C=O) groups is 4. The quantitative estimate of drug-likeness (QED) is 0.497. The van der Waals surface area contributed by atoms with Gasteiger partial charge in [0.25, 0.3) is 11.8 Å². The van der Waals surface area contributed by atoms with Gasteiger partial charge in [0.15, 0.2) is 23.9 Å². The Bertz CT molecular complexity index is 940. The fourth-order valence-electron chi connectivity index (χ4n) is 2.51. The number of benzene rings is 1. The van der Waals surface area contributed by atoms with Gasteiger partial charge in [0.2, 0.25) is 6.79 Å². The van der Waals surface area contributed by atoms with Gasteiger partial charge in [-0.3, -0.25) is 19.2 Å². The Kier molecular flexibility index (Phi) is 6.45. The lowest BCUT2D eigenvalue weighted by molar-refractivity contribution is -0.147. The predicted molar refractivity (Wildman–Crippen MR) is 103 cm³/mol. The lowest BCUT2D eigenvalue weighted by Crippen LogP contribution is -2.27. The highest BCUT2D eigenvalue weighted by molar-refractivity contribution is 7.08. The minimum atomic E-state index is -0.636. The summed E-state index contributed by atoms with van der Waals surface area (Å²) in [5.74, 6) is -0.966. The first kappa shape index (κ1) is 20.3. The number of rotatable bonds is 8. The molecule has 0 saturated carbocycles. The van der Waals surface area contributed by atoms with Gasteiger partial charge in [-0.25, -0.2) is 0 Å². The minimum absolute atomic E-state index is 0.0324. The molecule has 0 bridgehead atoms. The van der Waals surface area contributed by atoms with E-state index in [0.717, 1.165) is 0 Å². The summed E-state index contributed by atoms with van der Waals surface area (Å²) in [5.41, 5.74) is 1.02. The fraction of sp³-hybridized carbons (Fsp3) is 0.263. The van der Waals surface area contributed by atoms with Gasteiger partial charge < -0.3 is 24.8 Å². The van der Waals surface area contributed by atoms with Gasteiger partial charge in [-0.2, -0.15) is 11.3 Å². The van der Waals surface area contributed by atoms with E-state index in [2.05, 4.69) is 10.6 Å². The molecule has 3 rings (SSSR count). The van der Waals surface area contributed by atoms with Crippen molar-refractivity contribution in [1.82, 2.24) is 5.32 Å². The van der Waals surface area contributed by atoms with Crippen LogP contribution in [0.4, 0.5) is 5.69 Å². The number of thiophene rings is 1. The molecule has 0 spiro atoms. The summed E-state index contributed by atoms with van der Waals surface area (Å²) in [6.07, 6.45) is -0.0775. The van der Waals surface area contributed by atoms with Crippen molar-refractivity contribution in [2.45, 2.75) is 13.3 Å². The van der Waals surface area contributed by atoms with Gasteiger partial charge in [0, 0.05) is 29.1 Å². The topological polar surface area (TPSA) is 120 Å². The number of hydrogen-bond donors (Lipinski definition) is 2. The molecule has 0 unspecified atom stereocenters. The van der Waals surface area contributed by atoms with Crippen molar-refractivity contribution in [3.63, 3.8) is 0 Å². The van der Waals surface area contributed by atoms with Crippen LogP contribution < -0.4 is 20.1 Å². The van der Waals surface area contributed by atoms with Crippen LogP contribution in [0.15, 0.2) is 29.0 Å². The Morgan fingerprint density at radius 2 is 1.93 bits per heavy atom. The summed E-state index contributed by atoms with van der Waals surface area (Å²) in [6.45, 7) is 0.955. The highest BCUT2D eigenvalue weighted by Gasteiger charge is 2.20. The Morgan fingerprint density at radius 1 is 1.17 bits per heavy atom. The molecule has 1 aromatic carbocycles.